The maximum absolute atomic E-state index is 11.3. The van der Waals surface area contributed by atoms with Gasteiger partial charge in [0.25, 0.3) is 0 Å². The summed E-state index contributed by atoms with van der Waals surface area (Å²) in [6.45, 7) is 0. The van der Waals surface area contributed by atoms with E-state index in [-0.39, 0.29) is 23.5 Å². The molecule has 1 aliphatic rings. The Morgan fingerprint density at radius 3 is 2.80 bits per heavy atom. The molecule has 0 amide bonds. The average Bonchev–Trinajstić information content (AvgIpc) is 2.59. The van der Waals surface area contributed by atoms with Gasteiger partial charge in [0.05, 0.1) is 23.2 Å². The number of sulfone groups is 1. The first-order valence-electron chi connectivity index (χ1n) is 4.95. The normalized spacial score (nSPS) is 26.3. The molecule has 0 aromatic carbocycles. The molecule has 15 heavy (non-hydrogen) atoms. The predicted molar refractivity (Wildman–Crippen MR) is 57.9 cm³/mol. The van der Waals surface area contributed by atoms with E-state index in [0.717, 1.165) is 5.69 Å². The van der Waals surface area contributed by atoms with Gasteiger partial charge in [-0.1, -0.05) is 6.07 Å². The molecule has 5 heteroatoms. The third-order valence-electron chi connectivity index (χ3n) is 2.80. The summed E-state index contributed by atoms with van der Waals surface area (Å²) in [4.78, 5) is 4.15. The number of aromatic nitrogens is 1. The molecule has 2 N–H and O–H groups in total. The molecule has 82 valence electrons. The van der Waals surface area contributed by atoms with E-state index in [9.17, 15) is 8.42 Å². The molecule has 1 saturated heterocycles. The van der Waals surface area contributed by atoms with Crippen molar-refractivity contribution in [1.82, 2.24) is 4.98 Å². The molecule has 1 aromatic heterocycles. The van der Waals surface area contributed by atoms with Gasteiger partial charge < -0.3 is 5.73 Å². The highest BCUT2D eigenvalue weighted by molar-refractivity contribution is 7.91. The summed E-state index contributed by atoms with van der Waals surface area (Å²) in [5, 5.41) is 0. The minimum absolute atomic E-state index is 0.0184. The molecule has 2 heterocycles. The summed E-state index contributed by atoms with van der Waals surface area (Å²) in [6.07, 6.45) is 2.33. The fraction of sp³-hybridized carbons (Fsp3) is 0.500. The summed E-state index contributed by atoms with van der Waals surface area (Å²) < 4.78 is 22.6. The Morgan fingerprint density at radius 1 is 1.47 bits per heavy atom. The van der Waals surface area contributed by atoms with E-state index in [0.29, 0.717) is 6.42 Å². The molecule has 0 saturated carbocycles. The quantitative estimate of drug-likeness (QED) is 0.797. The van der Waals surface area contributed by atoms with Crippen LogP contribution in [0.25, 0.3) is 0 Å². The predicted octanol–water partition coefficient (Wildman–Crippen LogP) is 0.516. The lowest BCUT2D eigenvalue weighted by Gasteiger charge is -2.16. The fourth-order valence-corrected chi connectivity index (χ4v) is 3.78. The van der Waals surface area contributed by atoms with Gasteiger partial charge in [-0.2, -0.15) is 0 Å². The molecular formula is C10H14N2O2S. The highest BCUT2D eigenvalue weighted by Gasteiger charge is 2.32. The van der Waals surface area contributed by atoms with E-state index in [1.54, 1.807) is 6.20 Å². The molecule has 4 nitrogen and oxygen atoms in total. The third kappa shape index (κ3) is 2.35. The minimum Gasteiger partial charge on any atom is -0.322 e. The van der Waals surface area contributed by atoms with E-state index in [4.69, 9.17) is 5.73 Å². The second kappa shape index (κ2) is 3.90. The van der Waals surface area contributed by atoms with E-state index in [1.165, 1.54) is 0 Å². The molecule has 0 bridgehead atoms. The SMILES string of the molecule is NC(c1ccccn1)C1CCS(=O)(=O)C1. The average molecular weight is 226 g/mol. The Bertz CT molecular complexity index is 430. The van der Waals surface area contributed by atoms with Crippen LogP contribution in [0.15, 0.2) is 24.4 Å². The zero-order chi connectivity index (χ0) is 10.9. The van der Waals surface area contributed by atoms with Crippen molar-refractivity contribution in [3.63, 3.8) is 0 Å². The van der Waals surface area contributed by atoms with Gasteiger partial charge in [0.2, 0.25) is 0 Å². The van der Waals surface area contributed by atoms with Gasteiger partial charge in [0.1, 0.15) is 0 Å². The van der Waals surface area contributed by atoms with Crippen LogP contribution in [0.1, 0.15) is 18.2 Å². The van der Waals surface area contributed by atoms with Crippen molar-refractivity contribution in [3.8, 4) is 0 Å². The van der Waals surface area contributed by atoms with Gasteiger partial charge in [-0.25, -0.2) is 8.42 Å². The van der Waals surface area contributed by atoms with Crippen molar-refractivity contribution < 1.29 is 8.42 Å². The molecular weight excluding hydrogens is 212 g/mol. The van der Waals surface area contributed by atoms with Crippen LogP contribution < -0.4 is 5.73 Å². The smallest absolute Gasteiger partial charge is 0.150 e. The van der Waals surface area contributed by atoms with Crippen molar-refractivity contribution in [1.29, 1.82) is 0 Å². The number of rotatable bonds is 2. The van der Waals surface area contributed by atoms with Crippen molar-refractivity contribution in [2.75, 3.05) is 11.5 Å². The van der Waals surface area contributed by atoms with Gasteiger partial charge in [-0.3, -0.25) is 4.98 Å². The Hall–Kier alpha value is -0.940. The van der Waals surface area contributed by atoms with Gasteiger partial charge >= 0.3 is 0 Å². The second-order valence-corrected chi connectivity index (χ2v) is 6.17. The number of nitrogens with zero attached hydrogens (tertiary/aromatic N) is 1. The van der Waals surface area contributed by atoms with Crippen LogP contribution in [-0.4, -0.2) is 24.9 Å². The van der Waals surface area contributed by atoms with Crippen LogP contribution in [-0.2, 0) is 9.84 Å². The van der Waals surface area contributed by atoms with Gasteiger partial charge in [0.15, 0.2) is 9.84 Å². The van der Waals surface area contributed by atoms with E-state index in [1.807, 2.05) is 18.2 Å². The van der Waals surface area contributed by atoms with Crippen LogP contribution in [0.3, 0.4) is 0 Å². The number of pyridine rings is 1. The summed E-state index contributed by atoms with van der Waals surface area (Å²) in [7, 11) is -2.86. The third-order valence-corrected chi connectivity index (χ3v) is 4.60. The standard InChI is InChI=1S/C10H14N2O2S/c11-10(9-3-1-2-5-12-9)8-4-6-15(13,14)7-8/h1-3,5,8,10H,4,6-7,11H2. The Balaban J connectivity index is 2.14. The first-order valence-corrected chi connectivity index (χ1v) is 6.77. The lowest BCUT2D eigenvalue weighted by Crippen LogP contribution is -2.23. The molecule has 1 aromatic rings. The molecule has 2 rings (SSSR count). The molecule has 0 spiro atoms. The molecule has 0 aliphatic carbocycles. The maximum Gasteiger partial charge on any atom is 0.150 e. The van der Waals surface area contributed by atoms with Crippen molar-refractivity contribution in [2.24, 2.45) is 11.7 Å². The monoisotopic (exact) mass is 226 g/mol. The number of hydrogen-bond acceptors (Lipinski definition) is 4. The van der Waals surface area contributed by atoms with Crippen LogP contribution in [0.5, 0.6) is 0 Å². The second-order valence-electron chi connectivity index (χ2n) is 3.94. The largest absolute Gasteiger partial charge is 0.322 e. The highest BCUT2D eigenvalue weighted by Crippen LogP contribution is 2.28. The topological polar surface area (TPSA) is 73.0 Å². The molecule has 2 unspecified atom stereocenters. The minimum atomic E-state index is -2.86. The summed E-state index contributed by atoms with van der Waals surface area (Å²) in [5.41, 5.74) is 6.77. The molecule has 0 radical (unpaired) electrons. The molecule has 2 atom stereocenters. The zero-order valence-corrected chi connectivity index (χ0v) is 9.15. The van der Waals surface area contributed by atoms with Gasteiger partial charge in [-0.05, 0) is 24.5 Å². The van der Waals surface area contributed by atoms with E-state index >= 15 is 0 Å². The molecule has 1 aliphatic heterocycles. The van der Waals surface area contributed by atoms with Crippen LogP contribution in [0, 0.1) is 5.92 Å². The van der Waals surface area contributed by atoms with E-state index < -0.39 is 9.84 Å². The van der Waals surface area contributed by atoms with Gasteiger partial charge in [-0.15, -0.1) is 0 Å². The zero-order valence-electron chi connectivity index (χ0n) is 8.33. The van der Waals surface area contributed by atoms with E-state index in [2.05, 4.69) is 4.98 Å². The van der Waals surface area contributed by atoms with Crippen molar-refractivity contribution in [3.05, 3.63) is 30.1 Å². The van der Waals surface area contributed by atoms with Crippen LogP contribution in [0.2, 0.25) is 0 Å². The van der Waals surface area contributed by atoms with Crippen LogP contribution in [0.4, 0.5) is 0 Å². The lowest BCUT2D eigenvalue weighted by atomic mass is 9.97. The van der Waals surface area contributed by atoms with Gasteiger partial charge in [0, 0.05) is 6.20 Å². The Morgan fingerprint density at radius 2 is 2.27 bits per heavy atom. The fourth-order valence-electron chi connectivity index (χ4n) is 1.92. The number of hydrogen-bond donors (Lipinski definition) is 1. The first kappa shape index (κ1) is 10.6. The summed E-state index contributed by atoms with van der Waals surface area (Å²) >= 11 is 0. The summed E-state index contributed by atoms with van der Waals surface area (Å²) in [5.74, 6) is 0.480. The van der Waals surface area contributed by atoms with Crippen molar-refractivity contribution >= 4 is 9.84 Å². The Kier molecular flexibility index (Phi) is 2.75. The highest BCUT2D eigenvalue weighted by atomic mass is 32.2. The lowest BCUT2D eigenvalue weighted by molar-refractivity contribution is 0.471. The first-order chi connectivity index (χ1) is 7.08. The van der Waals surface area contributed by atoms with Crippen LogP contribution >= 0.6 is 0 Å². The number of nitrogens with two attached hydrogens (primary N) is 1. The molecule has 1 fully saturated rings. The summed E-state index contributed by atoms with van der Waals surface area (Å²) in [6, 6.07) is 5.27. The van der Waals surface area contributed by atoms with Crippen molar-refractivity contribution in [2.45, 2.75) is 12.5 Å². The maximum atomic E-state index is 11.3. The Labute approximate surface area is 89.4 Å².